The Hall–Kier alpha value is -2.18. The Kier molecular flexibility index (Phi) is 4.54. The van der Waals surface area contributed by atoms with Crippen LogP contribution in [0.25, 0.3) is 22.6 Å². The highest BCUT2D eigenvalue weighted by molar-refractivity contribution is 9.10. The SMILES string of the molecule is Cc1c(Br)cccc1-c1nc2cc(CN3CCCC3)cc(C(=O)O)c2o1. The van der Waals surface area contributed by atoms with Gasteiger partial charge in [0.2, 0.25) is 5.89 Å². The largest absolute Gasteiger partial charge is 0.478 e. The summed E-state index contributed by atoms with van der Waals surface area (Å²) in [6, 6.07) is 9.46. The van der Waals surface area contributed by atoms with E-state index in [9.17, 15) is 9.90 Å². The first kappa shape index (κ1) is 17.2. The number of rotatable bonds is 4. The van der Waals surface area contributed by atoms with Crippen LogP contribution in [-0.2, 0) is 6.54 Å². The topological polar surface area (TPSA) is 66.6 Å². The molecule has 0 saturated carbocycles. The van der Waals surface area contributed by atoms with Gasteiger partial charge in [-0.3, -0.25) is 4.90 Å². The van der Waals surface area contributed by atoms with Crippen LogP contribution in [0.1, 0.15) is 34.3 Å². The maximum Gasteiger partial charge on any atom is 0.339 e. The number of benzene rings is 2. The highest BCUT2D eigenvalue weighted by Gasteiger charge is 2.20. The summed E-state index contributed by atoms with van der Waals surface area (Å²) in [6.45, 7) is 4.84. The van der Waals surface area contributed by atoms with Crippen LogP contribution in [-0.4, -0.2) is 34.0 Å². The number of hydrogen-bond acceptors (Lipinski definition) is 4. The lowest BCUT2D eigenvalue weighted by Crippen LogP contribution is -2.18. The highest BCUT2D eigenvalue weighted by Crippen LogP contribution is 2.32. The van der Waals surface area contributed by atoms with Crippen LogP contribution in [0.4, 0.5) is 0 Å². The molecule has 1 aliphatic rings. The highest BCUT2D eigenvalue weighted by atomic mass is 79.9. The van der Waals surface area contributed by atoms with Crippen molar-refractivity contribution in [1.29, 1.82) is 0 Å². The van der Waals surface area contributed by atoms with Crippen LogP contribution < -0.4 is 0 Å². The maximum absolute atomic E-state index is 11.8. The van der Waals surface area contributed by atoms with Gasteiger partial charge in [0.05, 0.1) is 0 Å². The van der Waals surface area contributed by atoms with Crippen LogP contribution >= 0.6 is 15.9 Å². The summed E-state index contributed by atoms with van der Waals surface area (Å²) in [5.41, 5.74) is 3.91. The zero-order valence-corrected chi connectivity index (χ0v) is 16.0. The van der Waals surface area contributed by atoms with Gasteiger partial charge in [-0.2, -0.15) is 0 Å². The molecule has 4 rings (SSSR count). The molecule has 134 valence electrons. The number of carboxylic acids is 1. The number of carboxylic acid groups (broad SMARTS) is 1. The zero-order valence-electron chi connectivity index (χ0n) is 14.5. The quantitative estimate of drug-likeness (QED) is 0.659. The van der Waals surface area contributed by atoms with Crippen molar-refractivity contribution in [3.63, 3.8) is 0 Å². The molecule has 1 aliphatic heterocycles. The molecule has 0 amide bonds. The van der Waals surface area contributed by atoms with Crippen molar-refractivity contribution in [2.75, 3.05) is 13.1 Å². The normalized spacial score (nSPS) is 15.0. The molecular formula is C20H19BrN2O3. The number of halogens is 1. The summed E-state index contributed by atoms with van der Waals surface area (Å²) in [6.07, 6.45) is 2.40. The van der Waals surface area contributed by atoms with Gasteiger partial charge in [0, 0.05) is 16.6 Å². The smallest absolute Gasteiger partial charge is 0.339 e. The van der Waals surface area contributed by atoms with Crippen LogP contribution in [0.2, 0.25) is 0 Å². The van der Waals surface area contributed by atoms with Gasteiger partial charge in [-0.15, -0.1) is 0 Å². The number of likely N-dealkylation sites (tertiary alicyclic amines) is 1. The van der Waals surface area contributed by atoms with E-state index >= 15 is 0 Å². The molecule has 0 radical (unpaired) electrons. The summed E-state index contributed by atoms with van der Waals surface area (Å²) in [7, 11) is 0. The van der Waals surface area contributed by atoms with Crippen molar-refractivity contribution >= 4 is 33.0 Å². The van der Waals surface area contributed by atoms with E-state index < -0.39 is 5.97 Å². The van der Waals surface area contributed by atoms with E-state index in [0.717, 1.165) is 40.8 Å². The van der Waals surface area contributed by atoms with E-state index in [4.69, 9.17) is 4.42 Å². The second kappa shape index (κ2) is 6.85. The third-order valence-corrected chi connectivity index (χ3v) is 5.74. The first-order chi connectivity index (χ1) is 12.5. The molecule has 2 heterocycles. The zero-order chi connectivity index (χ0) is 18.3. The van der Waals surface area contributed by atoms with Crippen molar-refractivity contribution in [2.24, 2.45) is 0 Å². The van der Waals surface area contributed by atoms with E-state index in [-0.39, 0.29) is 5.56 Å². The number of nitrogens with zero attached hydrogens (tertiary/aromatic N) is 2. The maximum atomic E-state index is 11.8. The van der Waals surface area contributed by atoms with Crippen LogP contribution in [0.5, 0.6) is 0 Å². The van der Waals surface area contributed by atoms with Gasteiger partial charge >= 0.3 is 5.97 Å². The summed E-state index contributed by atoms with van der Waals surface area (Å²) in [5.74, 6) is -0.549. The second-order valence-electron chi connectivity index (χ2n) is 6.71. The average Bonchev–Trinajstić information content (AvgIpc) is 3.26. The molecule has 1 saturated heterocycles. The molecule has 0 spiro atoms. The van der Waals surface area contributed by atoms with Crippen LogP contribution in [0.15, 0.2) is 39.2 Å². The molecular weight excluding hydrogens is 396 g/mol. The van der Waals surface area contributed by atoms with Crippen LogP contribution in [0.3, 0.4) is 0 Å². The van der Waals surface area contributed by atoms with Gasteiger partial charge in [-0.1, -0.05) is 22.0 Å². The summed E-state index contributed by atoms with van der Waals surface area (Å²) in [5, 5.41) is 9.64. The lowest BCUT2D eigenvalue weighted by molar-refractivity contribution is 0.0697. The van der Waals surface area contributed by atoms with Crippen molar-refractivity contribution in [1.82, 2.24) is 9.88 Å². The minimum absolute atomic E-state index is 0.170. The molecule has 1 N–H and O–H groups in total. The third-order valence-electron chi connectivity index (χ3n) is 4.88. The Morgan fingerprint density at radius 3 is 2.81 bits per heavy atom. The average molecular weight is 415 g/mol. The van der Waals surface area contributed by atoms with Crippen molar-refractivity contribution in [2.45, 2.75) is 26.3 Å². The molecule has 26 heavy (non-hydrogen) atoms. The molecule has 5 nitrogen and oxygen atoms in total. The Balaban J connectivity index is 1.82. The standard InChI is InChI=1S/C20H19BrN2O3/c1-12-14(5-4-6-16(12)21)19-22-17-10-13(11-23-7-2-3-8-23)9-15(20(24)25)18(17)26-19/h4-6,9-10H,2-3,7-8,11H2,1H3,(H,24,25). The van der Waals surface area contributed by atoms with Gasteiger partial charge < -0.3 is 9.52 Å². The Bertz CT molecular complexity index is 990. The summed E-state index contributed by atoms with van der Waals surface area (Å²) < 4.78 is 6.84. The first-order valence-corrected chi connectivity index (χ1v) is 9.47. The first-order valence-electron chi connectivity index (χ1n) is 8.67. The number of oxazole rings is 1. The number of hydrogen-bond donors (Lipinski definition) is 1. The molecule has 0 unspecified atom stereocenters. The fourth-order valence-electron chi connectivity index (χ4n) is 3.49. The van der Waals surface area contributed by atoms with Gasteiger partial charge in [-0.25, -0.2) is 9.78 Å². The predicted molar refractivity (Wildman–Crippen MR) is 103 cm³/mol. The summed E-state index contributed by atoms with van der Waals surface area (Å²) >= 11 is 3.52. The molecule has 1 fully saturated rings. The fraction of sp³-hybridized carbons (Fsp3) is 0.300. The molecule has 0 aliphatic carbocycles. The van der Waals surface area contributed by atoms with E-state index in [0.29, 0.717) is 17.0 Å². The lowest BCUT2D eigenvalue weighted by Gasteiger charge is -2.14. The lowest BCUT2D eigenvalue weighted by atomic mass is 10.1. The minimum Gasteiger partial charge on any atom is -0.478 e. The van der Waals surface area contributed by atoms with Crippen molar-refractivity contribution < 1.29 is 14.3 Å². The minimum atomic E-state index is -0.994. The van der Waals surface area contributed by atoms with E-state index in [1.165, 1.54) is 12.8 Å². The molecule has 2 aromatic carbocycles. The number of aromatic nitrogens is 1. The fourth-order valence-corrected chi connectivity index (χ4v) is 3.86. The van der Waals surface area contributed by atoms with Crippen molar-refractivity contribution in [3.05, 3.63) is 51.5 Å². The Morgan fingerprint density at radius 2 is 2.08 bits per heavy atom. The summed E-state index contributed by atoms with van der Waals surface area (Å²) in [4.78, 5) is 18.7. The van der Waals surface area contributed by atoms with Gasteiger partial charge in [0.25, 0.3) is 0 Å². The molecule has 0 atom stereocenters. The Morgan fingerprint density at radius 1 is 1.31 bits per heavy atom. The second-order valence-corrected chi connectivity index (χ2v) is 7.57. The monoisotopic (exact) mass is 414 g/mol. The third kappa shape index (κ3) is 3.15. The van der Waals surface area contributed by atoms with Gasteiger partial charge in [0.15, 0.2) is 5.58 Å². The predicted octanol–water partition coefficient (Wildman–Crippen LogP) is 4.86. The number of carbonyl (C=O) groups is 1. The van der Waals surface area contributed by atoms with Gasteiger partial charge in [-0.05, 0) is 68.2 Å². The molecule has 1 aromatic heterocycles. The van der Waals surface area contributed by atoms with E-state index in [2.05, 4.69) is 25.8 Å². The molecule has 3 aromatic rings. The number of fused-ring (bicyclic) bond motifs is 1. The van der Waals surface area contributed by atoms with Crippen LogP contribution in [0, 0.1) is 6.92 Å². The van der Waals surface area contributed by atoms with Crippen molar-refractivity contribution in [3.8, 4) is 11.5 Å². The van der Waals surface area contributed by atoms with E-state index in [1.54, 1.807) is 6.07 Å². The number of aromatic carboxylic acids is 1. The molecule has 6 heteroatoms. The van der Waals surface area contributed by atoms with Gasteiger partial charge in [0.1, 0.15) is 11.1 Å². The van der Waals surface area contributed by atoms with E-state index in [1.807, 2.05) is 31.2 Å². The molecule has 0 bridgehead atoms. The Labute approximate surface area is 159 Å².